The zero-order chi connectivity index (χ0) is 15.5. The highest BCUT2D eigenvalue weighted by molar-refractivity contribution is 5.71. The van der Waals surface area contributed by atoms with Gasteiger partial charge < -0.3 is 0 Å². The maximum Gasteiger partial charge on any atom is 0.245 e. The monoisotopic (exact) mass is 301 g/mol. The van der Waals surface area contributed by atoms with Crippen LogP contribution >= 0.6 is 0 Å². The van der Waals surface area contributed by atoms with Crippen LogP contribution in [-0.4, -0.2) is 14.5 Å². The molecule has 0 aliphatic carbocycles. The Balaban J connectivity index is 1.74. The van der Waals surface area contributed by atoms with E-state index in [0.717, 1.165) is 24.5 Å². The van der Waals surface area contributed by atoms with Gasteiger partial charge in [0, 0.05) is 12.4 Å². The first kappa shape index (κ1) is 13.6. The predicted molar refractivity (Wildman–Crippen MR) is 88.8 cm³/mol. The molecular weight excluding hydrogens is 284 g/mol. The van der Waals surface area contributed by atoms with Gasteiger partial charge in [-0.1, -0.05) is 24.3 Å². The van der Waals surface area contributed by atoms with Crippen LogP contribution in [0.15, 0.2) is 79.4 Å². The van der Waals surface area contributed by atoms with E-state index in [-0.39, 0.29) is 0 Å². The Morgan fingerprint density at radius 3 is 2.22 bits per heavy atom. The number of imidazole rings is 1. The minimum Gasteiger partial charge on any atom is -0.257 e. The van der Waals surface area contributed by atoms with Crippen LogP contribution in [0.1, 0.15) is 11.4 Å². The van der Waals surface area contributed by atoms with Crippen LogP contribution < -0.4 is 4.57 Å². The van der Waals surface area contributed by atoms with Gasteiger partial charge in [-0.15, -0.1) is 0 Å². The minimum atomic E-state index is 0.760. The summed E-state index contributed by atoms with van der Waals surface area (Å²) in [5.74, 6) is 0. The van der Waals surface area contributed by atoms with E-state index in [1.165, 1.54) is 11.0 Å². The summed E-state index contributed by atoms with van der Waals surface area (Å²) >= 11 is 0. The van der Waals surface area contributed by atoms with Crippen LogP contribution in [0.3, 0.4) is 0 Å². The van der Waals surface area contributed by atoms with Crippen molar-refractivity contribution in [2.24, 2.45) is 0 Å². The van der Waals surface area contributed by atoms with Gasteiger partial charge in [0.15, 0.2) is 11.0 Å². The lowest BCUT2D eigenvalue weighted by Crippen LogP contribution is -2.33. The van der Waals surface area contributed by atoms with Gasteiger partial charge in [0.2, 0.25) is 6.33 Å². The number of nitrogens with zero attached hydrogens (tertiary/aromatic N) is 4. The molecule has 0 fully saturated rings. The summed E-state index contributed by atoms with van der Waals surface area (Å²) < 4.78 is 4.47. The Kier molecular flexibility index (Phi) is 3.56. The third-order valence-electron chi connectivity index (χ3n) is 3.90. The summed E-state index contributed by atoms with van der Waals surface area (Å²) in [5.41, 5.74) is 4.51. The van der Waals surface area contributed by atoms with Crippen molar-refractivity contribution in [3.05, 3.63) is 90.8 Å². The standard InChI is InChI=1S/C19H17N4/c1-2-10-19-18(9-1)22(13-16-7-3-5-11-20-16)15-23(19)14-17-8-4-6-12-21-17/h1-12,15H,13-14H2/q+1. The van der Waals surface area contributed by atoms with Crippen LogP contribution in [-0.2, 0) is 13.1 Å². The van der Waals surface area contributed by atoms with Crippen LogP contribution in [0, 0.1) is 0 Å². The van der Waals surface area contributed by atoms with Gasteiger partial charge in [0.1, 0.15) is 13.1 Å². The van der Waals surface area contributed by atoms with Gasteiger partial charge in [-0.25, -0.2) is 9.13 Å². The molecule has 0 spiro atoms. The summed E-state index contributed by atoms with van der Waals surface area (Å²) in [5, 5.41) is 0. The zero-order valence-electron chi connectivity index (χ0n) is 12.7. The van der Waals surface area contributed by atoms with Crippen molar-refractivity contribution >= 4 is 11.0 Å². The van der Waals surface area contributed by atoms with Crippen LogP contribution in [0.25, 0.3) is 11.0 Å². The lowest BCUT2D eigenvalue weighted by molar-refractivity contribution is -0.663. The molecule has 0 aliphatic rings. The zero-order valence-corrected chi connectivity index (χ0v) is 12.7. The van der Waals surface area contributed by atoms with E-state index in [9.17, 15) is 0 Å². The van der Waals surface area contributed by atoms with Crippen LogP contribution in [0.2, 0.25) is 0 Å². The van der Waals surface area contributed by atoms with E-state index < -0.39 is 0 Å². The average molecular weight is 301 g/mol. The van der Waals surface area contributed by atoms with E-state index in [1.54, 1.807) is 0 Å². The van der Waals surface area contributed by atoms with E-state index in [4.69, 9.17) is 0 Å². The highest BCUT2D eigenvalue weighted by Gasteiger charge is 2.16. The first-order chi connectivity index (χ1) is 11.4. The smallest absolute Gasteiger partial charge is 0.245 e. The van der Waals surface area contributed by atoms with Gasteiger partial charge in [-0.05, 0) is 36.4 Å². The lowest BCUT2D eigenvalue weighted by Gasteiger charge is -1.97. The molecule has 0 atom stereocenters. The van der Waals surface area contributed by atoms with Gasteiger partial charge >= 0.3 is 0 Å². The highest BCUT2D eigenvalue weighted by Crippen LogP contribution is 2.13. The summed E-state index contributed by atoms with van der Waals surface area (Å²) in [6.45, 7) is 1.52. The van der Waals surface area contributed by atoms with E-state index in [0.29, 0.717) is 0 Å². The quantitative estimate of drug-likeness (QED) is 0.543. The molecule has 0 amide bonds. The molecule has 4 rings (SSSR count). The Morgan fingerprint density at radius 1 is 0.783 bits per heavy atom. The van der Waals surface area contributed by atoms with Gasteiger partial charge in [-0.3, -0.25) is 9.97 Å². The molecule has 0 radical (unpaired) electrons. The van der Waals surface area contributed by atoms with Crippen molar-refractivity contribution in [3.63, 3.8) is 0 Å². The topological polar surface area (TPSA) is 34.6 Å². The third-order valence-corrected chi connectivity index (χ3v) is 3.90. The molecule has 4 aromatic rings. The number of pyridine rings is 2. The van der Waals surface area contributed by atoms with E-state index in [2.05, 4.69) is 61.8 Å². The van der Waals surface area contributed by atoms with Crippen LogP contribution in [0.5, 0.6) is 0 Å². The molecule has 4 nitrogen and oxygen atoms in total. The molecular formula is C19H17N4+. The average Bonchev–Trinajstić information content (AvgIpc) is 2.95. The number of hydrogen-bond acceptors (Lipinski definition) is 2. The Morgan fingerprint density at radius 2 is 1.48 bits per heavy atom. The van der Waals surface area contributed by atoms with E-state index in [1.807, 2.05) is 36.7 Å². The van der Waals surface area contributed by atoms with Crippen molar-refractivity contribution < 1.29 is 4.57 Å². The number of rotatable bonds is 4. The van der Waals surface area contributed by atoms with Crippen molar-refractivity contribution in [1.29, 1.82) is 0 Å². The summed E-state index contributed by atoms with van der Waals surface area (Å²) in [7, 11) is 0. The molecule has 0 bridgehead atoms. The normalized spacial score (nSPS) is 11.0. The highest BCUT2D eigenvalue weighted by atomic mass is 15.1. The summed E-state index contributed by atoms with van der Waals surface area (Å²) in [4.78, 5) is 8.86. The number of aromatic nitrogens is 4. The predicted octanol–water partition coefficient (Wildman–Crippen LogP) is 2.82. The fourth-order valence-electron chi connectivity index (χ4n) is 2.83. The fourth-order valence-corrected chi connectivity index (χ4v) is 2.83. The van der Waals surface area contributed by atoms with Crippen LogP contribution in [0.4, 0.5) is 0 Å². The molecule has 0 aliphatic heterocycles. The van der Waals surface area contributed by atoms with Gasteiger partial charge in [0.05, 0.1) is 11.4 Å². The molecule has 3 aromatic heterocycles. The van der Waals surface area contributed by atoms with Crippen molar-refractivity contribution in [3.8, 4) is 0 Å². The SMILES string of the molecule is c1ccc(Cn2c[n+](Cc3ccccn3)c3ccccc32)nc1. The molecule has 0 saturated heterocycles. The minimum absolute atomic E-state index is 0.760. The second-order valence-corrected chi connectivity index (χ2v) is 5.50. The number of benzene rings is 1. The Bertz CT molecular complexity index is 838. The number of fused-ring (bicyclic) bond motifs is 1. The maximum absolute atomic E-state index is 4.43. The second kappa shape index (κ2) is 6.01. The van der Waals surface area contributed by atoms with Gasteiger partial charge in [-0.2, -0.15) is 0 Å². The van der Waals surface area contributed by atoms with Crippen molar-refractivity contribution in [2.75, 3.05) is 0 Å². The molecule has 23 heavy (non-hydrogen) atoms. The number of hydrogen-bond donors (Lipinski definition) is 0. The molecule has 3 heterocycles. The molecule has 1 aromatic carbocycles. The first-order valence-corrected chi connectivity index (χ1v) is 7.67. The molecule has 112 valence electrons. The first-order valence-electron chi connectivity index (χ1n) is 7.67. The molecule has 0 N–H and O–H groups in total. The number of para-hydroxylation sites is 2. The second-order valence-electron chi connectivity index (χ2n) is 5.50. The van der Waals surface area contributed by atoms with Crippen molar-refractivity contribution in [2.45, 2.75) is 13.1 Å². The molecule has 4 heteroatoms. The maximum atomic E-state index is 4.43. The summed E-state index contributed by atoms with van der Waals surface area (Å²) in [6, 6.07) is 20.5. The molecule has 0 saturated carbocycles. The Labute approximate surface area is 134 Å². The van der Waals surface area contributed by atoms with E-state index >= 15 is 0 Å². The Hall–Kier alpha value is -3.01. The summed E-state index contributed by atoms with van der Waals surface area (Å²) in [6.07, 6.45) is 5.82. The van der Waals surface area contributed by atoms with Gasteiger partial charge in [0.25, 0.3) is 0 Å². The molecule has 0 unspecified atom stereocenters. The largest absolute Gasteiger partial charge is 0.257 e. The van der Waals surface area contributed by atoms with Crippen molar-refractivity contribution in [1.82, 2.24) is 14.5 Å². The fraction of sp³-hybridized carbons (Fsp3) is 0.105. The lowest BCUT2D eigenvalue weighted by atomic mass is 10.3. The third kappa shape index (κ3) is 2.83.